The van der Waals surface area contributed by atoms with Crippen LogP contribution in [0.4, 0.5) is 0 Å². The maximum atomic E-state index is 6.81. The molecule has 1 saturated heterocycles. The summed E-state index contributed by atoms with van der Waals surface area (Å²) in [5, 5.41) is 0. The molecule has 1 aliphatic heterocycles. The number of nitrogens with zero attached hydrogens (tertiary/aromatic N) is 2. The number of hydrogen-bond donors (Lipinski definition) is 0. The number of hydrogen-bond acceptors (Lipinski definition) is 1. The lowest BCUT2D eigenvalue weighted by Gasteiger charge is -2.40. The van der Waals surface area contributed by atoms with Crippen LogP contribution in [0.2, 0.25) is 0 Å². The summed E-state index contributed by atoms with van der Waals surface area (Å²) in [4.78, 5) is 5.69. The van der Waals surface area contributed by atoms with E-state index < -0.39 is 0 Å². The van der Waals surface area contributed by atoms with E-state index in [2.05, 4.69) is 30.5 Å². The summed E-state index contributed by atoms with van der Waals surface area (Å²) in [6, 6.07) is 0. The first-order chi connectivity index (χ1) is 6.08. The van der Waals surface area contributed by atoms with Crippen LogP contribution in [0.15, 0.2) is 0 Å². The average Bonchev–Trinajstić information content (AvgIpc) is 2.09. The van der Waals surface area contributed by atoms with Crippen molar-refractivity contribution in [2.24, 2.45) is 11.3 Å². The molecule has 1 rings (SSSR count). The van der Waals surface area contributed by atoms with Gasteiger partial charge in [0.2, 0.25) is 0 Å². The molecule has 1 fully saturated rings. The first-order valence-electron chi connectivity index (χ1n) is 5.14. The van der Waals surface area contributed by atoms with Crippen molar-refractivity contribution < 1.29 is 0 Å². The summed E-state index contributed by atoms with van der Waals surface area (Å²) in [5.41, 5.74) is 0.512. The Labute approximate surface area is 81.7 Å². The van der Waals surface area contributed by atoms with E-state index >= 15 is 0 Å². The fraction of sp³-hybridized carbons (Fsp3) is 0.909. The van der Waals surface area contributed by atoms with Crippen molar-refractivity contribution >= 4 is 0 Å². The zero-order valence-corrected chi connectivity index (χ0v) is 9.01. The molecule has 74 valence electrons. The zero-order valence-electron chi connectivity index (χ0n) is 9.01. The van der Waals surface area contributed by atoms with Gasteiger partial charge in [-0.1, -0.05) is 20.8 Å². The Balaban J connectivity index is 2.43. The lowest BCUT2D eigenvalue weighted by Crippen LogP contribution is -2.40. The Morgan fingerprint density at radius 3 is 2.31 bits per heavy atom. The molecule has 2 heteroatoms. The van der Waals surface area contributed by atoms with Gasteiger partial charge in [-0.2, -0.15) is 0 Å². The molecule has 0 spiro atoms. The summed E-state index contributed by atoms with van der Waals surface area (Å²) in [6.07, 6.45) is 2.50. The third-order valence-corrected chi connectivity index (χ3v) is 3.66. The molecule has 0 aromatic rings. The quantitative estimate of drug-likeness (QED) is 0.593. The third-order valence-electron chi connectivity index (χ3n) is 3.66. The molecule has 0 aromatic heterocycles. The molecule has 0 saturated carbocycles. The van der Waals surface area contributed by atoms with E-state index in [1.807, 2.05) is 0 Å². The normalized spacial score (nSPS) is 23.0. The fourth-order valence-corrected chi connectivity index (χ4v) is 1.88. The minimum atomic E-state index is 0.512. The van der Waals surface area contributed by atoms with Crippen molar-refractivity contribution in [3.8, 4) is 0 Å². The smallest absolute Gasteiger partial charge is 0.270 e. The Morgan fingerprint density at radius 1 is 1.38 bits per heavy atom. The summed E-state index contributed by atoms with van der Waals surface area (Å²) in [7, 11) is 0. The third kappa shape index (κ3) is 2.45. The van der Waals surface area contributed by atoms with Gasteiger partial charge in [0.1, 0.15) is 0 Å². The first kappa shape index (κ1) is 10.5. The van der Waals surface area contributed by atoms with Crippen LogP contribution in [-0.4, -0.2) is 24.7 Å². The molecule has 13 heavy (non-hydrogen) atoms. The zero-order chi connectivity index (χ0) is 9.90. The molecular formula is C11H20N2. The maximum Gasteiger partial charge on any atom is 0.270 e. The fourth-order valence-electron chi connectivity index (χ4n) is 1.88. The van der Waals surface area contributed by atoms with Gasteiger partial charge < -0.3 is 0 Å². The van der Waals surface area contributed by atoms with Gasteiger partial charge in [-0.3, -0.25) is 4.85 Å². The Bertz CT molecular complexity index is 195. The second-order valence-corrected chi connectivity index (χ2v) is 4.73. The maximum absolute atomic E-state index is 6.81. The predicted octanol–water partition coefficient (Wildman–Crippen LogP) is 2.62. The predicted molar refractivity (Wildman–Crippen MR) is 55.2 cm³/mol. The van der Waals surface area contributed by atoms with E-state index in [-0.39, 0.29) is 0 Å². The van der Waals surface area contributed by atoms with Gasteiger partial charge in [-0.05, 0) is 24.2 Å². The summed E-state index contributed by atoms with van der Waals surface area (Å²) >= 11 is 0. The van der Waals surface area contributed by atoms with Crippen LogP contribution in [0.25, 0.3) is 4.85 Å². The van der Waals surface area contributed by atoms with E-state index in [1.54, 1.807) is 0 Å². The van der Waals surface area contributed by atoms with E-state index in [4.69, 9.17) is 6.57 Å². The molecule has 0 aliphatic carbocycles. The van der Waals surface area contributed by atoms with Gasteiger partial charge in [0.25, 0.3) is 6.67 Å². The Morgan fingerprint density at radius 2 is 1.92 bits per heavy atom. The molecule has 0 amide bonds. The molecule has 2 nitrogen and oxygen atoms in total. The van der Waals surface area contributed by atoms with Gasteiger partial charge >= 0.3 is 0 Å². The number of rotatable bonds is 2. The first-order valence-corrected chi connectivity index (χ1v) is 5.14. The highest BCUT2D eigenvalue weighted by Gasteiger charge is 2.33. The van der Waals surface area contributed by atoms with Crippen LogP contribution in [0.5, 0.6) is 0 Å². The number of piperidine rings is 1. The molecule has 0 aromatic carbocycles. The highest BCUT2D eigenvalue weighted by Crippen LogP contribution is 2.37. The van der Waals surface area contributed by atoms with Crippen LogP contribution < -0.4 is 0 Å². The van der Waals surface area contributed by atoms with E-state index in [0.717, 1.165) is 19.0 Å². The molecule has 0 atom stereocenters. The van der Waals surface area contributed by atoms with Crippen LogP contribution in [0, 0.1) is 17.9 Å². The van der Waals surface area contributed by atoms with Crippen molar-refractivity contribution in [1.82, 2.24) is 4.90 Å². The van der Waals surface area contributed by atoms with E-state index in [1.165, 1.54) is 12.8 Å². The standard InChI is InChI=1S/C11H20N2/c1-10(2)11(3)5-7-13(8-6-11)9-12-4/h10H,5-9H2,1-3H3. The van der Waals surface area contributed by atoms with E-state index in [0.29, 0.717) is 12.1 Å². The lowest BCUT2D eigenvalue weighted by molar-refractivity contribution is 0.0847. The number of likely N-dealkylation sites (tertiary alicyclic amines) is 1. The van der Waals surface area contributed by atoms with Crippen LogP contribution in [0.3, 0.4) is 0 Å². The van der Waals surface area contributed by atoms with Gasteiger partial charge in [-0.25, -0.2) is 11.5 Å². The van der Waals surface area contributed by atoms with Crippen LogP contribution in [-0.2, 0) is 0 Å². The summed E-state index contributed by atoms with van der Waals surface area (Å²) in [5.74, 6) is 0.766. The SMILES string of the molecule is [C-]#[N+]CN1CCC(C)(C(C)C)CC1. The van der Waals surface area contributed by atoms with Crippen molar-refractivity contribution in [2.75, 3.05) is 19.8 Å². The molecule has 0 N–H and O–H groups in total. The average molecular weight is 180 g/mol. The lowest BCUT2D eigenvalue weighted by atomic mass is 9.72. The van der Waals surface area contributed by atoms with Crippen LogP contribution in [0.1, 0.15) is 33.6 Å². The van der Waals surface area contributed by atoms with Gasteiger partial charge in [0.05, 0.1) is 0 Å². The second kappa shape index (κ2) is 4.11. The molecule has 0 unspecified atom stereocenters. The van der Waals surface area contributed by atoms with Crippen molar-refractivity contribution in [1.29, 1.82) is 0 Å². The van der Waals surface area contributed by atoms with Crippen molar-refractivity contribution in [3.63, 3.8) is 0 Å². The minimum absolute atomic E-state index is 0.512. The largest absolute Gasteiger partial charge is 0.299 e. The van der Waals surface area contributed by atoms with Crippen molar-refractivity contribution in [2.45, 2.75) is 33.6 Å². The highest BCUT2D eigenvalue weighted by atomic mass is 15.2. The van der Waals surface area contributed by atoms with Gasteiger partial charge in [0.15, 0.2) is 0 Å². The Hall–Kier alpha value is -0.550. The molecular weight excluding hydrogens is 160 g/mol. The molecule has 0 radical (unpaired) electrons. The van der Waals surface area contributed by atoms with Gasteiger partial charge in [0, 0.05) is 13.1 Å². The Kier molecular flexibility index (Phi) is 3.33. The molecule has 1 heterocycles. The topological polar surface area (TPSA) is 7.60 Å². The summed E-state index contributed by atoms with van der Waals surface area (Å²) in [6.45, 7) is 16.6. The molecule has 0 bridgehead atoms. The monoisotopic (exact) mass is 180 g/mol. The molecule has 1 aliphatic rings. The summed E-state index contributed by atoms with van der Waals surface area (Å²) < 4.78 is 0. The minimum Gasteiger partial charge on any atom is -0.299 e. The van der Waals surface area contributed by atoms with Crippen molar-refractivity contribution in [3.05, 3.63) is 11.4 Å². The van der Waals surface area contributed by atoms with Gasteiger partial charge in [-0.15, -0.1) is 0 Å². The van der Waals surface area contributed by atoms with Crippen LogP contribution >= 0.6 is 0 Å². The second-order valence-electron chi connectivity index (χ2n) is 4.73. The van der Waals surface area contributed by atoms with E-state index in [9.17, 15) is 0 Å². The highest BCUT2D eigenvalue weighted by molar-refractivity contribution is 4.85.